The third-order valence-electron chi connectivity index (χ3n) is 7.51. The van der Waals surface area contributed by atoms with E-state index in [4.69, 9.17) is 23.7 Å². The Hall–Kier alpha value is -1.42. The van der Waals surface area contributed by atoms with Crippen molar-refractivity contribution < 1.29 is 63.9 Å². The molecule has 9 atom stereocenters. The van der Waals surface area contributed by atoms with Crippen LogP contribution >= 0.6 is 0 Å². The number of aliphatic hydroxyl groups excluding tert-OH is 6. The number of hydrogen-bond acceptors (Lipinski definition) is 13. The first-order chi connectivity index (χ1) is 19.7. The highest BCUT2D eigenvalue weighted by atomic mass is 16.8. The van der Waals surface area contributed by atoms with E-state index in [1.54, 1.807) is 0 Å². The van der Waals surface area contributed by atoms with Gasteiger partial charge in [-0.1, -0.05) is 65.2 Å². The zero-order valence-electron chi connectivity index (χ0n) is 24.3. The number of esters is 2. The molecule has 240 valence electrons. The first kappa shape index (κ1) is 35.8. The van der Waals surface area contributed by atoms with Crippen LogP contribution in [0.25, 0.3) is 0 Å². The number of rotatable bonds is 19. The van der Waals surface area contributed by atoms with Crippen molar-refractivity contribution in [1.82, 2.24) is 0 Å². The summed E-state index contributed by atoms with van der Waals surface area (Å²) in [5.41, 5.74) is 0. The quantitative estimate of drug-likeness (QED) is 0.0888. The molecule has 0 amide bonds. The average molecular weight is 595 g/mol. The predicted molar refractivity (Wildman–Crippen MR) is 143 cm³/mol. The number of hydrogen-bond donors (Lipinski definition) is 6. The standard InChI is InChI=1S/C28H50O13/c1-3-5-7-9-11-13-20(32)38-25-24(36)22(34)18(15-29)37-27(25)41-28(17-31)26(23(35)19(16-30)40-28)39-21(33)14-12-10-8-6-4-2/h18-19,22-27,29-31,34-36H,3-17H2,1-2H3/t18-,19-,22-,23-,24+,25-,26+,27-,28+/m1/s1. The van der Waals surface area contributed by atoms with Crippen LogP contribution in [0.1, 0.15) is 90.9 Å². The topological polar surface area (TPSA) is 202 Å². The maximum absolute atomic E-state index is 12.6. The van der Waals surface area contributed by atoms with Crippen LogP contribution in [0.5, 0.6) is 0 Å². The molecule has 2 heterocycles. The van der Waals surface area contributed by atoms with Crippen molar-refractivity contribution in [1.29, 1.82) is 0 Å². The normalized spacial score (nSPS) is 33.6. The van der Waals surface area contributed by atoms with E-state index >= 15 is 0 Å². The Bertz CT molecular complexity index is 767. The largest absolute Gasteiger partial charge is 0.454 e. The van der Waals surface area contributed by atoms with Crippen LogP contribution in [0, 0.1) is 0 Å². The fourth-order valence-electron chi connectivity index (χ4n) is 5.04. The second kappa shape index (κ2) is 18.3. The highest BCUT2D eigenvalue weighted by Gasteiger charge is 2.61. The van der Waals surface area contributed by atoms with Crippen LogP contribution in [-0.4, -0.2) is 117 Å². The first-order valence-electron chi connectivity index (χ1n) is 14.9. The molecule has 2 rings (SSSR count). The monoisotopic (exact) mass is 594 g/mol. The van der Waals surface area contributed by atoms with Crippen molar-refractivity contribution in [3.63, 3.8) is 0 Å². The molecular weight excluding hydrogens is 544 g/mol. The molecule has 0 aromatic carbocycles. The first-order valence-corrected chi connectivity index (χ1v) is 14.9. The van der Waals surface area contributed by atoms with Gasteiger partial charge in [0.15, 0.2) is 12.2 Å². The van der Waals surface area contributed by atoms with Crippen LogP contribution < -0.4 is 0 Å². The summed E-state index contributed by atoms with van der Waals surface area (Å²) in [4.78, 5) is 25.2. The van der Waals surface area contributed by atoms with Crippen LogP contribution in [0.3, 0.4) is 0 Å². The van der Waals surface area contributed by atoms with E-state index in [-0.39, 0.29) is 12.8 Å². The summed E-state index contributed by atoms with van der Waals surface area (Å²) in [6, 6.07) is 0. The zero-order valence-corrected chi connectivity index (χ0v) is 24.3. The Morgan fingerprint density at radius 3 is 1.76 bits per heavy atom. The van der Waals surface area contributed by atoms with E-state index in [1.807, 2.05) is 0 Å². The van der Waals surface area contributed by atoms with Crippen LogP contribution in [0.2, 0.25) is 0 Å². The van der Waals surface area contributed by atoms with Gasteiger partial charge in [0, 0.05) is 12.8 Å². The van der Waals surface area contributed by atoms with Crippen LogP contribution in [0.15, 0.2) is 0 Å². The lowest BCUT2D eigenvalue weighted by Gasteiger charge is -2.44. The Balaban J connectivity index is 2.21. The number of carbonyl (C=O) groups is 2. The van der Waals surface area contributed by atoms with Crippen LogP contribution in [-0.2, 0) is 33.3 Å². The molecule has 0 saturated carbocycles. The zero-order chi connectivity index (χ0) is 30.4. The van der Waals surface area contributed by atoms with Gasteiger partial charge in [-0.15, -0.1) is 0 Å². The van der Waals surface area contributed by atoms with Gasteiger partial charge in [0.1, 0.15) is 37.1 Å². The number of ether oxygens (including phenoxy) is 5. The summed E-state index contributed by atoms with van der Waals surface area (Å²) in [7, 11) is 0. The van der Waals surface area contributed by atoms with Gasteiger partial charge < -0.3 is 54.3 Å². The third-order valence-corrected chi connectivity index (χ3v) is 7.51. The molecule has 0 bridgehead atoms. The molecule has 2 aliphatic heterocycles. The molecule has 0 unspecified atom stereocenters. The molecule has 41 heavy (non-hydrogen) atoms. The fourth-order valence-corrected chi connectivity index (χ4v) is 5.04. The van der Waals surface area contributed by atoms with Crippen molar-refractivity contribution in [2.75, 3.05) is 19.8 Å². The maximum Gasteiger partial charge on any atom is 0.306 e. The summed E-state index contributed by atoms with van der Waals surface area (Å²) in [5.74, 6) is -3.67. The minimum absolute atomic E-state index is 0.0324. The molecule has 13 heteroatoms. The van der Waals surface area contributed by atoms with E-state index < -0.39 is 86.6 Å². The summed E-state index contributed by atoms with van der Waals surface area (Å²) >= 11 is 0. The van der Waals surface area contributed by atoms with E-state index in [1.165, 1.54) is 0 Å². The number of aliphatic hydroxyl groups is 6. The highest BCUT2D eigenvalue weighted by molar-refractivity contribution is 5.70. The second-order valence-electron chi connectivity index (χ2n) is 10.8. The van der Waals surface area contributed by atoms with Crippen molar-refractivity contribution >= 4 is 11.9 Å². The van der Waals surface area contributed by atoms with Gasteiger partial charge in [0.2, 0.25) is 12.1 Å². The van der Waals surface area contributed by atoms with E-state index in [0.717, 1.165) is 51.4 Å². The number of unbranched alkanes of at least 4 members (excludes halogenated alkanes) is 8. The molecule has 2 saturated heterocycles. The molecule has 0 radical (unpaired) electrons. The summed E-state index contributed by atoms with van der Waals surface area (Å²) in [5, 5.41) is 61.8. The van der Waals surface area contributed by atoms with Gasteiger partial charge in [0.05, 0.1) is 13.2 Å². The van der Waals surface area contributed by atoms with Gasteiger partial charge in [-0.3, -0.25) is 9.59 Å². The van der Waals surface area contributed by atoms with Gasteiger partial charge in [-0.2, -0.15) is 0 Å². The second-order valence-corrected chi connectivity index (χ2v) is 10.8. The van der Waals surface area contributed by atoms with Crippen LogP contribution in [0.4, 0.5) is 0 Å². The molecule has 2 fully saturated rings. The summed E-state index contributed by atoms with van der Waals surface area (Å²) in [6.07, 6.45) is -3.85. The lowest BCUT2D eigenvalue weighted by molar-refractivity contribution is -0.384. The Kier molecular flexibility index (Phi) is 16.0. The lowest BCUT2D eigenvalue weighted by Crippen LogP contribution is -2.64. The Morgan fingerprint density at radius 2 is 1.24 bits per heavy atom. The van der Waals surface area contributed by atoms with Gasteiger partial charge in [0.25, 0.3) is 0 Å². The Morgan fingerprint density at radius 1 is 0.707 bits per heavy atom. The highest BCUT2D eigenvalue weighted by Crippen LogP contribution is 2.38. The Labute approximate surface area is 241 Å². The van der Waals surface area contributed by atoms with Crippen molar-refractivity contribution in [3.8, 4) is 0 Å². The van der Waals surface area contributed by atoms with Gasteiger partial charge in [-0.25, -0.2) is 0 Å². The lowest BCUT2D eigenvalue weighted by atomic mass is 9.98. The summed E-state index contributed by atoms with van der Waals surface area (Å²) < 4.78 is 28.0. The molecule has 13 nitrogen and oxygen atoms in total. The van der Waals surface area contributed by atoms with Gasteiger partial charge in [-0.05, 0) is 12.8 Å². The minimum Gasteiger partial charge on any atom is -0.454 e. The fraction of sp³-hybridized carbons (Fsp3) is 0.929. The van der Waals surface area contributed by atoms with E-state index in [2.05, 4.69) is 13.8 Å². The van der Waals surface area contributed by atoms with Crippen molar-refractivity contribution in [3.05, 3.63) is 0 Å². The van der Waals surface area contributed by atoms with Crippen molar-refractivity contribution in [2.24, 2.45) is 0 Å². The average Bonchev–Trinajstić information content (AvgIpc) is 3.22. The maximum atomic E-state index is 12.6. The third kappa shape index (κ3) is 10.1. The molecule has 6 N–H and O–H groups in total. The molecular formula is C28H50O13. The molecule has 2 aliphatic rings. The van der Waals surface area contributed by atoms with Gasteiger partial charge >= 0.3 is 11.9 Å². The van der Waals surface area contributed by atoms with E-state index in [9.17, 15) is 40.2 Å². The van der Waals surface area contributed by atoms with Crippen molar-refractivity contribution in [2.45, 2.75) is 146 Å². The molecule has 0 aromatic heterocycles. The SMILES string of the molecule is CCCCCCCC(=O)O[C@H]1[C@@H](O[C@]2(CO)O[C@H](CO)[C@@H](O)[C@@H]2OC(=O)CCCCCCC)O[C@H](CO)[C@@H](O)[C@@H]1O. The molecule has 0 aliphatic carbocycles. The molecule has 0 aromatic rings. The minimum atomic E-state index is -2.29. The number of carbonyl (C=O) groups excluding carboxylic acids is 2. The summed E-state index contributed by atoms with van der Waals surface area (Å²) in [6.45, 7) is 1.70. The predicted octanol–water partition coefficient (Wildman–Crippen LogP) is 0.427. The molecule has 0 spiro atoms. The smallest absolute Gasteiger partial charge is 0.306 e. The van der Waals surface area contributed by atoms with E-state index in [0.29, 0.717) is 12.8 Å².